The number of rotatable bonds is 7. The number of carbonyl (C=O) groups excluding carboxylic acids is 1. The summed E-state index contributed by atoms with van der Waals surface area (Å²) in [6.07, 6.45) is -3.36. The Balaban J connectivity index is 2.01. The predicted octanol–water partition coefficient (Wildman–Crippen LogP) is 4.31. The first-order valence-corrected chi connectivity index (χ1v) is 8.02. The number of alkyl halides is 3. The second-order valence-electron chi connectivity index (χ2n) is 5.57. The normalized spacial score (nSPS) is 12.3. The Labute approximate surface area is 149 Å². The Morgan fingerprint density at radius 1 is 1.23 bits per heavy atom. The largest absolute Gasteiger partial charge is 0.494 e. The van der Waals surface area contributed by atoms with Crippen LogP contribution in [0.3, 0.4) is 0 Å². The third kappa shape index (κ3) is 5.06. The number of halogens is 3. The third-order valence-electron chi connectivity index (χ3n) is 3.75. The molecule has 1 heterocycles. The van der Waals surface area contributed by atoms with E-state index in [1.807, 2.05) is 25.1 Å². The van der Waals surface area contributed by atoms with Gasteiger partial charge < -0.3 is 4.74 Å². The van der Waals surface area contributed by atoms with Crippen LogP contribution < -0.4 is 4.74 Å². The van der Waals surface area contributed by atoms with Crippen LogP contribution >= 0.6 is 0 Å². The van der Waals surface area contributed by atoms with Crippen molar-refractivity contribution < 1.29 is 22.7 Å². The van der Waals surface area contributed by atoms with Gasteiger partial charge in [-0.15, -0.1) is 0 Å². The van der Waals surface area contributed by atoms with E-state index in [2.05, 4.69) is 4.98 Å². The number of carbonyl (C=O) groups is 1. The van der Waals surface area contributed by atoms with E-state index >= 15 is 0 Å². The van der Waals surface area contributed by atoms with Gasteiger partial charge in [0.05, 0.1) is 23.9 Å². The number of Topliss-reactive ketones (excluding diaryl/α,β-unsaturated/α-hetero) is 1. The third-order valence-corrected chi connectivity index (χ3v) is 3.75. The molecule has 1 aromatic carbocycles. The molecule has 0 aliphatic carbocycles. The molecule has 0 spiro atoms. The number of hydrogen-bond acceptors (Lipinski definition) is 4. The summed E-state index contributed by atoms with van der Waals surface area (Å²) in [5.74, 6) is -0.833. The summed E-state index contributed by atoms with van der Waals surface area (Å²) in [5.41, 5.74) is 0.0100. The number of ketones is 1. The topological polar surface area (TPSA) is 63.0 Å². The minimum Gasteiger partial charge on any atom is -0.494 e. The average molecular weight is 362 g/mol. The lowest BCUT2D eigenvalue weighted by Crippen LogP contribution is -2.14. The molecule has 7 heteroatoms. The molecular weight excluding hydrogens is 345 g/mol. The molecule has 0 saturated carbocycles. The van der Waals surface area contributed by atoms with Crippen molar-refractivity contribution in [3.05, 3.63) is 59.4 Å². The lowest BCUT2D eigenvalue weighted by Gasteiger charge is -2.10. The molecule has 4 nitrogen and oxygen atoms in total. The zero-order valence-electron chi connectivity index (χ0n) is 14.1. The van der Waals surface area contributed by atoms with Gasteiger partial charge in [-0.2, -0.15) is 18.4 Å². The van der Waals surface area contributed by atoms with Crippen molar-refractivity contribution in [3.8, 4) is 11.8 Å². The quantitative estimate of drug-likeness (QED) is 0.736. The van der Waals surface area contributed by atoms with Crippen LogP contribution in [0.1, 0.15) is 36.1 Å². The first-order valence-electron chi connectivity index (χ1n) is 8.02. The number of ether oxygens (including phenoxy) is 1. The zero-order chi connectivity index (χ0) is 19.2. The van der Waals surface area contributed by atoms with Crippen LogP contribution in [-0.2, 0) is 17.4 Å². The van der Waals surface area contributed by atoms with Gasteiger partial charge in [0.25, 0.3) is 0 Å². The predicted molar refractivity (Wildman–Crippen MR) is 88.5 cm³/mol. The van der Waals surface area contributed by atoms with Crippen LogP contribution in [0.5, 0.6) is 5.75 Å². The van der Waals surface area contributed by atoms with Crippen molar-refractivity contribution in [1.82, 2.24) is 4.98 Å². The van der Waals surface area contributed by atoms with Gasteiger partial charge in [0, 0.05) is 12.6 Å². The van der Waals surface area contributed by atoms with Crippen molar-refractivity contribution >= 4 is 5.78 Å². The van der Waals surface area contributed by atoms with Gasteiger partial charge in [-0.1, -0.05) is 12.1 Å². The molecule has 0 aliphatic heterocycles. The summed E-state index contributed by atoms with van der Waals surface area (Å²) in [7, 11) is 0. The average Bonchev–Trinajstić information content (AvgIpc) is 2.62. The van der Waals surface area contributed by atoms with Crippen molar-refractivity contribution in [2.75, 3.05) is 6.61 Å². The van der Waals surface area contributed by atoms with E-state index in [0.29, 0.717) is 19.2 Å². The van der Waals surface area contributed by atoms with Crippen LogP contribution in [0.4, 0.5) is 13.2 Å². The number of nitrogens with zero attached hydrogens (tertiary/aromatic N) is 2. The standard InChI is InChI=1S/C19H17F3N2O2/c1-2-26-15-7-3-13(4-8-15)5-10-18(25)16(11-23)17-9-6-14(12-24-17)19(20,21)22/h3-4,6-9,12,16H,2,5,10H2,1H3. The molecule has 0 saturated heterocycles. The first-order chi connectivity index (χ1) is 12.3. The van der Waals surface area contributed by atoms with E-state index in [-0.39, 0.29) is 17.9 Å². The number of aryl methyl sites for hydroxylation is 1. The van der Waals surface area contributed by atoms with Crippen molar-refractivity contribution in [2.45, 2.75) is 31.9 Å². The summed E-state index contributed by atoms with van der Waals surface area (Å²) >= 11 is 0. The first kappa shape index (κ1) is 19.4. The van der Waals surface area contributed by atoms with Crippen LogP contribution in [-0.4, -0.2) is 17.4 Å². The Morgan fingerprint density at radius 3 is 2.42 bits per heavy atom. The summed E-state index contributed by atoms with van der Waals surface area (Å²) < 4.78 is 43.0. The summed E-state index contributed by atoms with van der Waals surface area (Å²) in [5, 5.41) is 9.22. The van der Waals surface area contributed by atoms with Crippen LogP contribution in [0.15, 0.2) is 42.6 Å². The Kier molecular flexibility index (Phi) is 6.34. The number of nitriles is 1. The number of benzene rings is 1. The molecule has 136 valence electrons. The molecule has 0 radical (unpaired) electrons. The van der Waals surface area contributed by atoms with Crippen LogP contribution in [0.2, 0.25) is 0 Å². The smallest absolute Gasteiger partial charge is 0.417 e. The highest BCUT2D eigenvalue weighted by atomic mass is 19.4. The molecule has 0 aliphatic rings. The van der Waals surface area contributed by atoms with Gasteiger partial charge in [0.1, 0.15) is 11.7 Å². The Hall–Kier alpha value is -2.88. The van der Waals surface area contributed by atoms with Gasteiger partial charge in [-0.25, -0.2) is 0 Å². The molecule has 1 atom stereocenters. The fraction of sp³-hybridized carbons (Fsp3) is 0.316. The van der Waals surface area contributed by atoms with Gasteiger partial charge in [0.2, 0.25) is 0 Å². The lowest BCUT2D eigenvalue weighted by molar-refractivity contribution is -0.137. The molecule has 26 heavy (non-hydrogen) atoms. The maximum absolute atomic E-state index is 12.6. The summed E-state index contributed by atoms with van der Waals surface area (Å²) in [6, 6.07) is 11.0. The Bertz CT molecular complexity index is 778. The molecule has 0 amide bonds. The van der Waals surface area contributed by atoms with E-state index in [4.69, 9.17) is 4.74 Å². The number of aromatic nitrogens is 1. The van der Waals surface area contributed by atoms with E-state index < -0.39 is 17.7 Å². The van der Waals surface area contributed by atoms with E-state index in [0.717, 1.165) is 23.4 Å². The number of pyridine rings is 1. The molecule has 1 aromatic heterocycles. The highest BCUT2D eigenvalue weighted by molar-refractivity contribution is 5.88. The molecule has 2 rings (SSSR count). The summed E-state index contributed by atoms with van der Waals surface area (Å²) in [4.78, 5) is 15.9. The molecule has 0 N–H and O–H groups in total. The highest BCUT2D eigenvalue weighted by Crippen LogP contribution is 2.29. The zero-order valence-corrected chi connectivity index (χ0v) is 14.1. The van der Waals surface area contributed by atoms with Gasteiger partial charge in [-0.3, -0.25) is 9.78 Å². The fourth-order valence-electron chi connectivity index (χ4n) is 2.38. The molecular formula is C19H17F3N2O2. The van der Waals surface area contributed by atoms with Crippen LogP contribution in [0.25, 0.3) is 0 Å². The van der Waals surface area contributed by atoms with E-state index in [1.165, 1.54) is 0 Å². The molecule has 0 fully saturated rings. The summed E-state index contributed by atoms with van der Waals surface area (Å²) in [6.45, 7) is 2.44. The van der Waals surface area contributed by atoms with Crippen molar-refractivity contribution in [2.24, 2.45) is 0 Å². The SMILES string of the molecule is CCOc1ccc(CCC(=O)C(C#N)c2ccc(C(F)(F)F)cn2)cc1. The fourth-order valence-corrected chi connectivity index (χ4v) is 2.38. The van der Waals surface area contributed by atoms with E-state index in [9.17, 15) is 23.2 Å². The molecule has 0 bridgehead atoms. The lowest BCUT2D eigenvalue weighted by atomic mass is 9.95. The second kappa shape index (κ2) is 8.48. The highest BCUT2D eigenvalue weighted by Gasteiger charge is 2.31. The Morgan fingerprint density at radius 2 is 1.92 bits per heavy atom. The maximum Gasteiger partial charge on any atom is 0.417 e. The van der Waals surface area contributed by atoms with Gasteiger partial charge in [-0.05, 0) is 43.2 Å². The monoisotopic (exact) mass is 362 g/mol. The van der Waals surface area contributed by atoms with E-state index in [1.54, 1.807) is 12.1 Å². The minimum atomic E-state index is -4.51. The maximum atomic E-state index is 12.6. The number of hydrogen-bond donors (Lipinski definition) is 0. The molecule has 1 unspecified atom stereocenters. The minimum absolute atomic E-state index is 0.0252. The van der Waals surface area contributed by atoms with Gasteiger partial charge in [0.15, 0.2) is 5.78 Å². The van der Waals surface area contributed by atoms with Crippen LogP contribution in [0, 0.1) is 11.3 Å². The molecule has 2 aromatic rings. The van der Waals surface area contributed by atoms with Crippen molar-refractivity contribution in [3.63, 3.8) is 0 Å². The van der Waals surface area contributed by atoms with Gasteiger partial charge >= 0.3 is 6.18 Å². The second-order valence-corrected chi connectivity index (χ2v) is 5.57. The van der Waals surface area contributed by atoms with Crippen molar-refractivity contribution in [1.29, 1.82) is 5.26 Å².